The van der Waals surface area contributed by atoms with Crippen LogP contribution in [0.3, 0.4) is 0 Å². The molecule has 1 fully saturated rings. The highest BCUT2D eigenvalue weighted by molar-refractivity contribution is 9.10. The van der Waals surface area contributed by atoms with Crippen LogP contribution in [0.4, 0.5) is 4.79 Å². The largest absolute Gasteiger partial charge is 0.490 e. The molecule has 0 bridgehead atoms. The van der Waals surface area contributed by atoms with Crippen LogP contribution in [0.5, 0.6) is 11.5 Å². The van der Waals surface area contributed by atoms with Gasteiger partial charge in [-0.1, -0.05) is 28.6 Å². The minimum absolute atomic E-state index is 0.204. The lowest BCUT2D eigenvalue weighted by molar-refractivity contribution is -0.149. The fourth-order valence-corrected chi connectivity index (χ4v) is 3.66. The zero-order valence-electron chi connectivity index (χ0n) is 16.4. The van der Waals surface area contributed by atoms with Crippen LogP contribution < -0.4 is 9.47 Å². The predicted molar refractivity (Wildman–Crippen MR) is 115 cm³/mol. The van der Waals surface area contributed by atoms with E-state index in [0.29, 0.717) is 34.7 Å². The fraction of sp³-hybridized carbons (Fsp3) is 0.350. The van der Waals surface area contributed by atoms with Crippen LogP contribution in [0.2, 0.25) is 0 Å². The first-order chi connectivity index (χ1) is 13.8. The van der Waals surface area contributed by atoms with Gasteiger partial charge in [-0.25, -0.2) is 0 Å². The van der Waals surface area contributed by atoms with Gasteiger partial charge in [0.1, 0.15) is 13.2 Å². The number of hydrogen-bond donors (Lipinski definition) is 0. The molecule has 1 saturated heterocycles. The van der Waals surface area contributed by atoms with Gasteiger partial charge < -0.3 is 14.2 Å². The molecule has 0 spiro atoms. The number of rotatable bonds is 9. The standard InChI is InChI=1S/C20H22BrNO6S/c1-5-7-27-16-10-14(21)13(8-15(16)26-6-2)9-17-19(24)22(20(25)29-17)11-18(23)28-12(3)4/h5,8-10,12H,1,6-7,11H2,2-4H3/b17-9+. The smallest absolute Gasteiger partial charge is 0.326 e. The van der Waals surface area contributed by atoms with Crippen LogP contribution in [0, 0.1) is 0 Å². The number of nitrogens with zero attached hydrogens (tertiary/aromatic N) is 1. The quantitative estimate of drug-likeness (QED) is 0.292. The Morgan fingerprint density at radius 1 is 1.28 bits per heavy atom. The van der Waals surface area contributed by atoms with Gasteiger partial charge in [0.05, 0.1) is 17.6 Å². The van der Waals surface area contributed by atoms with Crippen LogP contribution in [0.15, 0.2) is 34.2 Å². The van der Waals surface area contributed by atoms with Gasteiger partial charge >= 0.3 is 5.97 Å². The molecule has 0 aliphatic carbocycles. The molecule has 9 heteroatoms. The molecule has 7 nitrogen and oxygen atoms in total. The van der Waals surface area contributed by atoms with Gasteiger partial charge in [-0.2, -0.15) is 0 Å². The zero-order valence-corrected chi connectivity index (χ0v) is 18.8. The van der Waals surface area contributed by atoms with Gasteiger partial charge in [0.2, 0.25) is 0 Å². The third kappa shape index (κ3) is 6.11. The summed E-state index contributed by atoms with van der Waals surface area (Å²) in [7, 11) is 0. The number of imide groups is 1. The molecule has 156 valence electrons. The van der Waals surface area contributed by atoms with Crippen molar-refractivity contribution in [3.63, 3.8) is 0 Å². The summed E-state index contributed by atoms with van der Waals surface area (Å²) in [4.78, 5) is 37.7. The maximum Gasteiger partial charge on any atom is 0.326 e. The van der Waals surface area contributed by atoms with E-state index in [-0.39, 0.29) is 11.0 Å². The summed E-state index contributed by atoms with van der Waals surface area (Å²) < 4.78 is 16.9. The summed E-state index contributed by atoms with van der Waals surface area (Å²) in [5.74, 6) is -0.145. The molecule has 1 heterocycles. The second kappa shape index (κ2) is 10.5. The Labute approximate surface area is 182 Å². The Balaban J connectivity index is 2.27. The maximum absolute atomic E-state index is 12.6. The Hall–Kier alpha value is -2.26. The van der Waals surface area contributed by atoms with Crippen molar-refractivity contribution in [2.45, 2.75) is 26.9 Å². The molecule has 1 aromatic carbocycles. The normalized spacial score (nSPS) is 15.2. The molecular formula is C20H22BrNO6S. The number of hydrogen-bond acceptors (Lipinski definition) is 7. The lowest BCUT2D eigenvalue weighted by atomic mass is 10.2. The third-order valence-electron chi connectivity index (χ3n) is 3.53. The van der Waals surface area contributed by atoms with Crippen LogP contribution in [0.1, 0.15) is 26.3 Å². The number of carbonyl (C=O) groups is 3. The van der Waals surface area contributed by atoms with E-state index in [1.54, 1.807) is 38.1 Å². The monoisotopic (exact) mass is 483 g/mol. The summed E-state index contributed by atoms with van der Waals surface area (Å²) in [6, 6.07) is 3.44. The maximum atomic E-state index is 12.6. The first kappa shape index (κ1) is 23.0. The molecular weight excluding hydrogens is 462 g/mol. The minimum Gasteiger partial charge on any atom is -0.490 e. The van der Waals surface area contributed by atoms with Crippen molar-refractivity contribution in [1.82, 2.24) is 4.90 Å². The molecule has 0 N–H and O–H groups in total. The molecule has 0 radical (unpaired) electrons. The highest BCUT2D eigenvalue weighted by atomic mass is 79.9. The highest BCUT2D eigenvalue weighted by Gasteiger charge is 2.37. The van der Waals surface area contributed by atoms with Crippen LogP contribution in [0.25, 0.3) is 6.08 Å². The van der Waals surface area contributed by atoms with Crippen molar-refractivity contribution in [3.8, 4) is 11.5 Å². The van der Waals surface area contributed by atoms with E-state index in [1.165, 1.54) is 0 Å². The lowest BCUT2D eigenvalue weighted by Gasteiger charge is -2.14. The number of esters is 1. The van der Waals surface area contributed by atoms with Crippen LogP contribution in [-0.2, 0) is 14.3 Å². The molecule has 1 aromatic rings. The van der Waals surface area contributed by atoms with Gasteiger partial charge in [-0.05, 0) is 56.3 Å². The topological polar surface area (TPSA) is 82.1 Å². The second-order valence-corrected chi connectivity index (χ2v) is 8.01. The predicted octanol–water partition coefficient (Wildman–Crippen LogP) is 4.40. The van der Waals surface area contributed by atoms with Gasteiger partial charge in [0.25, 0.3) is 11.1 Å². The first-order valence-corrected chi connectivity index (χ1v) is 10.5. The van der Waals surface area contributed by atoms with E-state index in [0.717, 1.165) is 16.7 Å². The Morgan fingerprint density at radius 2 is 1.97 bits per heavy atom. The van der Waals surface area contributed by atoms with Crippen LogP contribution >= 0.6 is 27.7 Å². The number of ether oxygens (including phenoxy) is 3. The molecule has 1 aliphatic heterocycles. The van der Waals surface area contributed by atoms with E-state index in [1.807, 2.05) is 6.92 Å². The molecule has 29 heavy (non-hydrogen) atoms. The summed E-state index contributed by atoms with van der Waals surface area (Å²) in [5.41, 5.74) is 0.634. The fourth-order valence-electron chi connectivity index (χ4n) is 2.40. The molecule has 0 saturated carbocycles. The average molecular weight is 484 g/mol. The SMILES string of the molecule is C=CCOc1cc(Br)c(/C=C2/SC(=O)N(CC(=O)OC(C)C)C2=O)cc1OCC. The molecule has 0 unspecified atom stereocenters. The molecule has 0 atom stereocenters. The average Bonchev–Trinajstić information content (AvgIpc) is 2.90. The van der Waals surface area contributed by atoms with Crippen LogP contribution in [-0.4, -0.2) is 47.9 Å². The highest BCUT2D eigenvalue weighted by Crippen LogP contribution is 2.38. The zero-order chi connectivity index (χ0) is 21.6. The lowest BCUT2D eigenvalue weighted by Crippen LogP contribution is -2.35. The van der Waals surface area contributed by atoms with Gasteiger partial charge in [0.15, 0.2) is 11.5 Å². The Kier molecular flexibility index (Phi) is 8.33. The van der Waals surface area contributed by atoms with E-state index in [4.69, 9.17) is 14.2 Å². The van der Waals surface area contributed by atoms with Crippen molar-refractivity contribution < 1.29 is 28.6 Å². The number of amides is 2. The number of benzene rings is 1. The van der Waals surface area contributed by atoms with E-state index in [9.17, 15) is 14.4 Å². The van der Waals surface area contributed by atoms with Crippen molar-refractivity contribution in [2.24, 2.45) is 0 Å². The van der Waals surface area contributed by atoms with Gasteiger partial charge in [-0.3, -0.25) is 19.3 Å². The Morgan fingerprint density at radius 3 is 2.59 bits per heavy atom. The molecule has 2 rings (SSSR count). The number of thioether (sulfide) groups is 1. The summed E-state index contributed by atoms with van der Waals surface area (Å²) >= 11 is 4.22. The summed E-state index contributed by atoms with van der Waals surface area (Å²) in [6.07, 6.45) is 2.87. The van der Waals surface area contributed by atoms with Crippen molar-refractivity contribution in [1.29, 1.82) is 0 Å². The van der Waals surface area contributed by atoms with Gasteiger partial charge in [0, 0.05) is 4.47 Å². The van der Waals surface area contributed by atoms with E-state index >= 15 is 0 Å². The van der Waals surface area contributed by atoms with Gasteiger partial charge in [-0.15, -0.1) is 0 Å². The van der Waals surface area contributed by atoms with Crippen molar-refractivity contribution in [3.05, 3.63) is 39.7 Å². The molecule has 2 amide bonds. The van der Waals surface area contributed by atoms with Crippen molar-refractivity contribution >= 4 is 50.9 Å². The Bertz CT molecular complexity index is 852. The summed E-state index contributed by atoms with van der Waals surface area (Å²) in [5, 5.41) is -0.519. The second-order valence-electron chi connectivity index (χ2n) is 6.16. The first-order valence-electron chi connectivity index (χ1n) is 8.91. The van der Waals surface area contributed by atoms with E-state index in [2.05, 4.69) is 22.5 Å². The summed E-state index contributed by atoms with van der Waals surface area (Å²) in [6.45, 7) is 9.19. The van der Waals surface area contributed by atoms with E-state index < -0.39 is 23.7 Å². The third-order valence-corrected chi connectivity index (χ3v) is 5.13. The molecule has 1 aliphatic rings. The number of halogens is 1. The number of carbonyl (C=O) groups excluding carboxylic acids is 3. The minimum atomic E-state index is -0.632. The molecule has 0 aromatic heterocycles. The van der Waals surface area contributed by atoms with Crippen molar-refractivity contribution in [2.75, 3.05) is 19.8 Å².